The quantitative estimate of drug-likeness (QED) is 0.353. The molecule has 0 unspecified atom stereocenters. The second kappa shape index (κ2) is 59.3. The monoisotopic (exact) mass is 186 g/mol. The molecule has 3 nitrogen and oxygen atoms in total. The van der Waals surface area contributed by atoms with Crippen LogP contribution in [0.5, 0.6) is 0 Å². The van der Waals surface area contributed by atoms with Gasteiger partial charge in [0.2, 0.25) is 20.3 Å². The number of rotatable bonds is 0. The van der Waals surface area contributed by atoms with E-state index >= 15 is 0 Å². The summed E-state index contributed by atoms with van der Waals surface area (Å²) < 4.78 is 16.6. The average molecular weight is 186 g/mol. The van der Waals surface area contributed by atoms with Crippen molar-refractivity contribution in [2.45, 2.75) is 0 Å². The predicted octanol–water partition coefficient (Wildman–Crippen LogP) is -8.18. The molecule has 0 atom stereocenters. The van der Waals surface area contributed by atoms with Gasteiger partial charge in [-0.25, -0.2) is 0 Å². The van der Waals surface area contributed by atoms with Gasteiger partial charge in [-0.15, -0.1) is 0 Å². The van der Waals surface area contributed by atoms with Crippen molar-refractivity contribution in [2.75, 3.05) is 0 Å². The molecular formula is H4K2O3Si2. The van der Waals surface area contributed by atoms with Gasteiger partial charge in [0.05, 0.1) is 0 Å². The average Bonchev–Trinajstić information content (AvgIpc) is 1.50. The largest absolute Gasteiger partial charge is 2.00 e. The van der Waals surface area contributed by atoms with Gasteiger partial charge >= 0.3 is 103 Å². The van der Waals surface area contributed by atoms with Gasteiger partial charge in [-0.3, -0.25) is 0 Å². The fourth-order valence-corrected chi connectivity index (χ4v) is 0. The number of hydrogen-bond donors (Lipinski definition) is 0. The Kier molecular flexibility index (Phi) is 269. The van der Waals surface area contributed by atoms with E-state index in [0.717, 1.165) is 0 Å². The molecule has 0 saturated heterocycles. The maximum atomic E-state index is 8.28. The summed E-state index contributed by atoms with van der Waals surface area (Å²) in [6, 6.07) is 0. The third-order valence-corrected chi connectivity index (χ3v) is 0. The molecule has 0 aliphatic heterocycles. The Morgan fingerprint density at radius 3 is 0.714 bits per heavy atom. The van der Waals surface area contributed by atoms with Crippen LogP contribution in [0.15, 0.2) is 0 Å². The van der Waals surface area contributed by atoms with Gasteiger partial charge in [0.1, 0.15) is 0 Å². The maximum Gasteiger partial charge on any atom is 1.00 e. The Morgan fingerprint density at radius 1 is 0.714 bits per heavy atom. The zero-order valence-electron chi connectivity index (χ0n) is 4.64. The van der Waals surface area contributed by atoms with Gasteiger partial charge in [0.25, 0.3) is 0 Å². The van der Waals surface area contributed by atoms with E-state index in [4.69, 9.17) is 8.92 Å². The Morgan fingerprint density at radius 2 is 0.714 bits per heavy atom. The molecule has 7 heteroatoms. The Bertz CT molecular complexity index is 12.9. The van der Waals surface area contributed by atoms with Crippen molar-refractivity contribution in [3.63, 3.8) is 0 Å². The molecule has 0 bridgehead atoms. The van der Waals surface area contributed by atoms with E-state index in [9.17, 15) is 0 Å². The van der Waals surface area contributed by atoms with Crippen LogP contribution in [-0.2, 0) is 14.4 Å². The third-order valence-electron chi connectivity index (χ3n) is 0. The minimum Gasteiger partial charge on any atom is -2.00 e. The molecule has 0 aliphatic carbocycles. The molecule has 0 fully saturated rings. The molecule has 0 radical (unpaired) electrons. The maximum absolute atomic E-state index is 8.28. The second-order valence-electron chi connectivity index (χ2n) is 0. The Labute approximate surface area is 134 Å². The van der Waals surface area contributed by atoms with Crippen LogP contribution in [0.2, 0.25) is 0 Å². The van der Waals surface area contributed by atoms with E-state index in [-0.39, 0.29) is 108 Å². The fourth-order valence-electron chi connectivity index (χ4n) is 0. The molecule has 32 valence electrons. The topological polar surface area (TPSA) is 62.6 Å². The van der Waals surface area contributed by atoms with Gasteiger partial charge in [-0.1, -0.05) is 0 Å². The minimum atomic E-state index is 0. The molecule has 0 aromatic rings. The van der Waals surface area contributed by atoms with Crippen LogP contribution in [-0.4, -0.2) is 20.3 Å². The SMILES string of the molecule is O=[SiH2].O=[SiH2].[K+].[K+].[O-2]. The fraction of sp³-hybridized carbons (Fsp3) is 0. The number of hydrogen-bond acceptors (Lipinski definition) is 2. The predicted molar refractivity (Wildman–Crippen MR) is 19.1 cm³/mol. The van der Waals surface area contributed by atoms with Gasteiger partial charge < -0.3 is 14.4 Å². The first-order valence-electron chi connectivity index (χ1n) is 0.577. The summed E-state index contributed by atoms with van der Waals surface area (Å²) in [6.07, 6.45) is 0. The minimum absolute atomic E-state index is 0. The van der Waals surface area contributed by atoms with Gasteiger partial charge in [-0.05, 0) is 0 Å². The van der Waals surface area contributed by atoms with Crippen LogP contribution in [0.1, 0.15) is 0 Å². The molecule has 0 aromatic carbocycles. The van der Waals surface area contributed by atoms with Gasteiger partial charge in [0, 0.05) is 0 Å². The molecule has 0 amide bonds. The van der Waals surface area contributed by atoms with Crippen molar-refractivity contribution in [2.24, 2.45) is 0 Å². The first kappa shape index (κ1) is 31.8. The van der Waals surface area contributed by atoms with Gasteiger partial charge in [-0.2, -0.15) is 0 Å². The first-order chi connectivity index (χ1) is 2.00. The van der Waals surface area contributed by atoms with E-state index in [1.807, 2.05) is 0 Å². The molecule has 0 aliphatic rings. The zero-order valence-corrected chi connectivity index (χ0v) is 13.7. The second-order valence-corrected chi connectivity index (χ2v) is 0. The summed E-state index contributed by atoms with van der Waals surface area (Å²) >= 11 is 0. The summed E-state index contributed by atoms with van der Waals surface area (Å²) in [5.41, 5.74) is 0. The van der Waals surface area contributed by atoms with Crippen molar-refractivity contribution < 1.29 is 117 Å². The van der Waals surface area contributed by atoms with Crippen LogP contribution in [0.25, 0.3) is 0 Å². The molecule has 0 heterocycles. The molecule has 0 spiro atoms. The Hall–Kier alpha value is 3.27. The van der Waals surface area contributed by atoms with Crippen LogP contribution in [0.3, 0.4) is 0 Å². The summed E-state index contributed by atoms with van der Waals surface area (Å²) in [6.45, 7) is 0. The van der Waals surface area contributed by atoms with Crippen LogP contribution < -0.4 is 103 Å². The van der Waals surface area contributed by atoms with E-state index in [2.05, 4.69) is 0 Å². The van der Waals surface area contributed by atoms with Gasteiger partial charge in [0.15, 0.2) is 0 Å². The third kappa shape index (κ3) is 45.9. The first-order valence-corrected chi connectivity index (χ1v) is 1.73. The van der Waals surface area contributed by atoms with Crippen LogP contribution >= 0.6 is 0 Å². The molecular weight excluding hydrogens is 182 g/mol. The normalized spacial score (nSPS) is 1.14. The zero-order chi connectivity index (χ0) is 4.00. The van der Waals surface area contributed by atoms with Crippen molar-refractivity contribution in [3.8, 4) is 0 Å². The van der Waals surface area contributed by atoms with Crippen molar-refractivity contribution >= 4 is 20.3 Å². The summed E-state index contributed by atoms with van der Waals surface area (Å²) in [4.78, 5) is 0. The molecule has 0 rings (SSSR count). The van der Waals surface area contributed by atoms with Crippen LogP contribution in [0, 0.1) is 0 Å². The molecule has 7 heavy (non-hydrogen) atoms. The van der Waals surface area contributed by atoms with E-state index in [1.54, 1.807) is 0 Å². The smallest absolute Gasteiger partial charge is 1.00 e. The standard InChI is InChI=1S/2K.2H2OSi.O/c;;2*1-2;/h;;2*2H2;/q2*+1;;;-2. The summed E-state index contributed by atoms with van der Waals surface area (Å²) in [5, 5.41) is 0. The van der Waals surface area contributed by atoms with Crippen molar-refractivity contribution in [1.82, 2.24) is 0 Å². The molecule has 0 N–H and O–H groups in total. The van der Waals surface area contributed by atoms with Crippen LogP contribution in [0.4, 0.5) is 0 Å². The van der Waals surface area contributed by atoms with E-state index < -0.39 is 0 Å². The summed E-state index contributed by atoms with van der Waals surface area (Å²) in [7, 11) is 1.22. The molecule has 0 saturated carbocycles. The van der Waals surface area contributed by atoms with Crippen molar-refractivity contribution in [1.29, 1.82) is 0 Å². The van der Waals surface area contributed by atoms with Crippen molar-refractivity contribution in [3.05, 3.63) is 0 Å². The Balaban J connectivity index is -0.00000000267. The molecule has 0 aromatic heterocycles. The summed E-state index contributed by atoms with van der Waals surface area (Å²) in [5.74, 6) is 0. The van der Waals surface area contributed by atoms with E-state index in [0.29, 0.717) is 20.3 Å². The van der Waals surface area contributed by atoms with E-state index in [1.165, 1.54) is 0 Å².